The number of hydrogen-bond donors (Lipinski definition) is 1. The third-order valence-electron chi connectivity index (χ3n) is 5.05. The molecule has 2 aromatic carbocycles. The number of carbonyl (C=O) groups is 1. The SMILES string of the molecule is COc1cccc2cc(C(=O)NCC3CCCO3)c(=Nc3ccccc3C)oc12. The Morgan fingerprint density at radius 2 is 2.10 bits per heavy atom. The highest BCUT2D eigenvalue weighted by atomic mass is 16.5. The lowest BCUT2D eigenvalue weighted by atomic mass is 10.1. The highest BCUT2D eigenvalue weighted by Crippen LogP contribution is 2.25. The van der Waals surface area contributed by atoms with E-state index >= 15 is 0 Å². The average molecular weight is 392 g/mol. The zero-order valence-electron chi connectivity index (χ0n) is 16.6. The lowest BCUT2D eigenvalue weighted by molar-refractivity contribution is 0.0854. The quantitative estimate of drug-likeness (QED) is 0.715. The van der Waals surface area contributed by atoms with Gasteiger partial charge >= 0.3 is 0 Å². The van der Waals surface area contributed by atoms with E-state index in [1.807, 2.05) is 49.4 Å². The van der Waals surface area contributed by atoms with Gasteiger partial charge in [-0.25, -0.2) is 4.99 Å². The third kappa shape index (κ3) is 4.17. The molecule has 4 rings (SSSR count). The van der Waals surface area contributed by atoms with Gasteiger partial charge in [-0.3, -0.25) is 4.79 Å². The van der Waals surface area contributed by atoms with Gasteiger partial charge in [-0.15, -0.1) is 0 Å². The molecular weight excluding hydrogens is 368 g/mol. The van der Waals surface area contributed by atoms with Gasteiger partial charge in [0.05, 0.1) is 18.9 Å². The smallest absolute Gasteiger partial charge is 0.256 e. The van der Waals surface area contributed by atoms with Crippen molar-refractivity contribution >= 4 is 22.6 Å². The van der Waals surface area contributed by atoms with Gasteiger partial charge in [-0.1, -0.05) is 30.3 Å². The second-order valence-electron chi connectivity index (χ2n) is 7.09. The molecule has 1 amide bonds. The van der Waals surface area contributed by atoms with E-state index in [2.05, 4.69) is 10.3 Å². The molecule has 6 heteroatoms. The fourth-order valence-corrected chi connectivity index (χ4v) is 3.44. The van der Waals surface area contributed by atoms with Crippen molar-refractivity contribution in [1.29, 1.82) is 0 Å². The van der Waals surface area contributed by atoms with Gasteiger partial charge in [0.15, 0.2) is 11.3 Å². The molecule has 3 aromatic rings. The zero-order chi connectivity index (χ0) is 20.2. The summed E-state index contributed by atoms with van der Waals surface area (Å²) in [6.07, 6.45) is 2.05. The molecule has 0 spiro atoms. The Balaban J connectivity index is 1.80. The van der Waals surface area contributed by atoms with Gasteiger partial charge in [-0.05, 0) is 43.5 Å². The Bertz CT molecular complexity index is 1100. The van der Waals surface area contributed by atoms with E-state index in [-0.39, 0.29) is 17.6 Å². The van der Waals surface area contributed by atoms with Gasteiger partial charge in [0.1, 0.15) is 5.56 Å². The van der Waals surface area contributed by atoms with Crippen LogP contribution in [0.1, 0.15) is 28.8 Å². The maximum Gasteiger partial charge on any atom is 0.256 e. The van der Waals surface area contributed by atoms with Crippen molar-refractivity contribution in [3.8, 4) is 5.75 Å². The second kappa shape index (κ2) is 8.49. The zero-order valence-corrected chi connectivity index (χ0v) is 16.6. The molecule has 6 nitrogen and oxygen atoms in total. The number of ether oxygens (including phenoxy) is 2. The predicted octanol–water partition coefficient (Wildman–Crippen LogP) is 3.89. The van der Waals surface area contributed by atoms with Crippen LogP contribution in [0.25, 0.3) is 11.0 Å². The van der Waals surface area contributed by atoms with E-state index in [0.717, 1.165) is 36.1 Å². The number of nitrogens with one attached hydrogen (secondary N) is 1. The van der Waals surface area contributed by atoms with E-state index in [4.69, 9.17) is 13.9 Å². The van der Waals surface area contributed by atoms with Crippen LogP contribution in [0.2, 0.25) is 0 Å². The molecule has 1 N–H and O–H groups in total. The van der Waals surface area contributed by atoms with Crippen LogP contribution in [0.3, 0.4) is 0 Å². The van der Waals surface area contributed by atoms with Crippen LogP contribution in [0, 0.1) is 6.92 Å². The minimum Gasteiger partial charge on any atom is -0.493 e. The van der Waals surface area contributed by atoms with E-state index in [1.54, 1.807) is 13.2 Å². The lowest BCUT2D eigenvalue weighted by Crippen LogP contribution is -2.34. The fraction of sp³-hybridized carbons (Fsp3) is 0.304. The molecule has 1 atom stereocenters. The predicted molar refractivity (Wildman–Crippen MR) is 110 cm³/mol. The van der Waals surface area contributed by atoms with Gasteiger partial charge in [-0.2, -0.15) is 0 Å². The first-order valence-corrected chi connectivity index (χ1v) is 9.77. The molecule has 1 aliphatic rings. The summed E-state index contributed by atoms with van der Waals surface area (Å²) in [5.41, 5.74) is 2.93. The molecule has 1 fully saturated rings. The van der Waals surface area contributed by atoms with Crippen LogP contribution in [0.4, 0.5) is 5.69 Å². The molecular formula is C23H24N2O4. The molecule has 1 aliphatic heterocycles. The summed E-state index contributed by atoms with van der Waals surface area (Å²) < 4.78 is 17.1. The van der Waals surface area contributed by atoms with Crippen LogP contribution in [-0.2, 0) is 4.74 Å². The van der Waals surface area contributed by atoms with E-state index < -0.39 is 0 Å². The van der Waals surface area contributed by atoms with Crippen molar-refractivity contribution in [2.45, 2.75) is 25.9 Å². The van der Waals surface area contributed by atoms with Crippen LogP contribution in [0.15, 0.2) is 57.9 Å². The number of para-hydroxylation sites is 2. The molecule has 0 saturated carbocycles. The first-order valence-electron chi connectivity index (χ1n) is 9.77. The van der Waals surface area contributed by atoms with Crippen molar-refractivity contribution in [1.82, 2.24) is 5.32 Å². The Morgan fingerprint density at radius 1 is 1.24 bits per heavy atom. The average Bonchev–Trinajstić information content (AvgIpc) is 3.26. The maximum absolute atomic E-state index is 13.0. The number of methoxy groups -OCH3 is 1. The van der Waals surface area contributed by atoms with Crippen molar-refractivity contribution < 1.29 is 18.7 Å². The number of carbonyl (C=O) groups excluding carboxylic acids is 1. The molecule has 0 bridgehead atoms. The van der Waals surface area contributed by atoms with Gasteiger partial charge < -0.3 is 19.2 Å². The Hall–Kier alpha value is -3.12. The summed E-state index contributed by atoms with van der Waals surface area (Å²) in [6, 6.07) is 15.1. The van der Waals surface area contributed by atoms with Crippen LogP contribution < -0.4 is 15.6 Å². The summed E-state index contributed by atoms with van der Waals surface area (Å²) in [5.74, 6) is 0.358. The first kappa shape index (κ1) is 19.2. The number of amides is 1. The Morgan fingerprint density at radius 3 is 2.86 bits per heavy atom. The number of nitrogens with zero attached hydrogens (tertiary/aromatic N) is 1. The summed E-state index contributed by atoms with van der Waals surface area (Å²) in [6.45, 7) is 3.19. The fourth-order valence-electron chi connectivity index (χ4n) is 3.44. The number of aryl methyl sites for hydroxylation is 1. The summed E-state index contributed by atoms with van der Waals surface area (Å²) in [7, 11) is 1.59. The molecule has 1 aromatic heterocycles. The summed E-state index contributed by atoms with van der Waals surface area (Å²) >= 11 is 0. The third-order valence-corrected chi connectivity index (χ3v) is 5.05. The molecule has 0 aliphatic carbocycles. The minimum absolute atomic E-state index is 0.0631. The van der Waals surface area contributed by atoms with Crippen molar-refractivity contribution in [2.24, 2.45) is 4.99 Å². The summed E-state index contributed by atoms with van der Waals surface area (Å²) in [4.78, 5) is 17.6. The van der Waals surface area contributed by atoms with Gasteiger partial charge in [0, 0.05) is 18.5 Å². The number of rotatable bonds is 5. The molecule has 1 saturated heterocycles. The van der Waals surface area contributed by atoms with Gasteiger partial charge in [0.2, 0.25) is 5.55 Å². The molecule has 29 heavy (non-hydrogen) atoms. The lowest BCUT2D eigenvalue weighted by Gasteiger charge is -2.12. The first-order chi connectivity index (χ1) is 14.2. The minimum atomic E-state index is -0.235. The Labute approximate surface area is 169 Å². The molecule has 2 heterocycles. The Kier molecular flexibility index (Phi) is 5.62. The van der Waals surface area contributed by atoms with Gasteiger partial charge in [0.25, 0.3) is 5.91 Å². The van der Waals surface area contributed by atoms with E-state index in [1.165, 1.54) is 0 Å². The number of fused-ring (bicyclic) bond motifs is 1. The standard InChI is InChI=1S/C23H24N2O4/c1-15-7-3-4-10-19(15)25-23-18(22(26)24-14-17-9-6-12-28-17)13-16-8-5-11-20(27-2)21(16)29-23/h3-5,7-8,10-11,13,17H,6,9,12,14H2,1-2H3,(H,24,26). The largest absolute Gasteiger partial charge is 0.493 e. The normalized spacial score (nSPS) is 16.9. The molecule has 150 valence electrons. The second-order valence-corrected chi connectivity index (χ2v) is 7.09. The van der Waals surface area contributed by atoms with E-state index in [9.17, 15) is 4.79 Å². The highest BCUT2D eigenvalue weighted by Gasteiger charge is 2.19. The highest BCUT2D eigenvalue weighted by molar-refractivity contribution is 5.97. The van der Waals surface area contributed by atoms with Crippen molar-refractivity contribution in [3.05, 3.63) is 65.2 Å². The molecule has 0 radical (unpaired) electrons. The molecule has 1 unspecified atom stereocenters. The van der Waals surface area contributed by atoms with Crippen molar-refractivity contribution in [2.75, 3.05) is 20.3 Å². The number of hydrogen-bond acceptors (Lipinski definition) is 5. The van der Waals surface area contributed by atoms with Crippen LogP contribution in [-0.4, -0.2) is 32.3 Å². The van der Waals surface area contributed by atoms with Crippen LogP contribution >= 0.6 is 0 Å². The van der Waals surface area contributed by atoms with Crippen LogP contribution in [0.5, 0.6) is 5.75 Å². The van der Waals surface area contributed by atoms with Crippen molar-refractivity contribution in [3.63, 3.8) is 0 Å². The monoisotopic (exact) mass is 392 g/mol. The van der Waals surface area contributed by atoms with E-state index in [0.29, 0.717) is 23.4 Å². The summed E-state index contributed by atoms with van der Waals surface area (Å²) in [5, 5.41) is 3.73. The maximum atomic E-state index is 13.0. The topological polar surface area (TPSA) is 73.1 Å². The number of benzene rings is 2.